The van der Waals surface area contributed by atoms with Gasteiger partial charge in [-0.3, -0.25) is 0 Å². The van der Waals surface area contributed by atoms with Gasteiger partial charge < -0.3 is 10.5 Å². The van der Waals surface area contributed by atoms with E-state index in [1.54, 1.807) is 0 Å². The third kappa shape index (κ3) is 5.69. The molecule has 0 amide bonds. The Morgan fingerprint density at radius 3 is 2.43 bits per heavy atom. The lowest BCUT2D eigenvalue weighted by Crippen LogP contribution is -2.03. The van der Waals surface area contributed by atoms with Gasteiger partial charge in [0.1, 0.15) is 0 Å². The van der Waals surface area contributed by atoms with E-state index in [9.17, 15) is 4.79 Å². The fourth-order valence-electron chi connectivity index (χ4n) is 0.276. The maximum atomic E-state index is 9.92. The van der Waals surface area contributed by atoms with Crippen LogP contribution in [0.5, 0.6) is 0 Å². The molecule has 0 atom stereocenters. The summed E-state index contributed by atoms with van der Waals surface area (Å²) in [5.74, 6) is 0. The number of carbonyl (C=O) groups is 1. The summed E-state index contributed by atoms with van der Waals surface area (Å²) in [4.78, 5) is 9.92. The monoisotopic (exact) mass is 97.1 g/mol. The van der Waals surface area contributed by atoms with E-state index in [1.807, 2.05) is 0 Å². The fraction of sp³-hybridized carbons (Fsp3) is 0.750. The highest BCUT2D eigenvalue weighted by Crippen LogP contribution is 1.81. The van der Waals surface area contributed by atoms with Gasteiger partial charge in [-0.05, 0) is 19.4 Å². The van der Waals surface area contributed by atoms with Crippen molar-refractivity contribution in [2.75, 3.05) is 6.54 Å². The molecule has 0 unspecified atom stereocenters. The van der Waals surface area contributed by atoms with Gasteiger partial charge in [0.2, 0.25) is 0 Å². The largest absolute Gasteiger partial charge is 0.330 e. The summed E-state index contributed by atoms with van der Waals surface area (Å²) in [6.07, 6.45) is 1.12. The molecule has 2 N–H and O–H groups in total. The minimum Gasteiger partial charge on any atom is -0.330 e. The molecule has 0 rings (SSSR count). The van der Waals surface area contributed by atoms with Gasteiger partial charge in [-0.15, -0.1) is 0 Å². The van der Waals surface area contributed by atoms with Crippen LogP contribution in [-0.4, -0.2) is 20.1 Å². The van der Waals surface area contributed by atoms with Crippen molar-refractivity contribution in [2.45, 2.75) is 12.8 Å². The summed E-state index contributed by atoms with van der Waals surface area (Å²) in [5.41, 5.74) is 4.80. The SMILES string of the molecule is [B]C(=O)CCCN. The summed E-state index contributed by atoms with van der Waals surface area (Å²) >= 11 is 0. The Balaban J connectivity index is 2.82. The molecule has 0 fully saturated rings. The number of hydrogen-bond donors (Lipinski definition) is 1. The molecule has 0 heterocycles. The number of hydrogen-bond acceptors (Lipinski definition) is 2. The van der Waals surface area contributed by atoms with Crippen molar-refractivity contribution < 1.29 is 4.79 Å². The topological polar surface area (TPSA) is 43.1 Å². The first-order chi connectivity index (χ1) is 3.27. The molecule has 3 heteroatoms. The van der Waals surface area contributed by atoms with Crippen molar-refractivity contribution >= 4 is 13.5 Å². The van der Waals surface area contributed by atoms with Crippen molar-refractivity contribution in [1.29, 1.82) is 0 Å². The van der Waals surface area contributed by atoms with Crippen LogP contribution in [0.2, 0.25) is 0 Å². The highest BCUT2D eigenvalue weighted by atomic mass is 16.1. The highest BCUT2D eigenvalue weighted by molar-refractivity contribution is 6.57. The van der Waals surface area contributed by atoms with Crippen molar-refractivity contribution in [3.05, 3.63) is 0 Å². The Hall–Kier alpha value is -0.305. The lowest BCUT2D eigenvalue weighted by molar-refractivity contribution is -0.111. The van der Waals surface area contributed by atoms with Crippen molar-refractivity contribution in [1.82, 2.24) is 0 Å². The predicted molar refractivity (Wildman–Crippen MR) is 29.0 cm³/mol. The smallest absolute Gasteiger partial charge is 0.167 e. The van der Waals surface area contributed by atoms with E-state index in [0.717, 1.165) is 0 Å². The molecule has 0 aromatic heterocycles. The van der Waals surface area contributed by atoms with E-state index in [2.05, 4.69) is 0 Å². The molecule has 0 saturated carbocycles. The minimum absolute atomic E-state index is 0.273. The first kappa shape index (κ1) is 6.69. The fourth-order valence-corrected chi connectivity index (χ4v) is 0.276. The van der Waals surface area contributed by atoms with E-state index in [1.165, 1.54) is 0 Å². The maximum Gasteiger partial charge on any atom is 0.167 e. The van der Waals surface area contributed by atoms with Crippen LogP contribution in [-0.2, 0) is 4.79 Å². The second-order valence-electron chi connectivity index (χ2n) is 1.36. The van der Waals surface area contributed by atoms with Crippen molar-refractivity contribution in [2.24, 2.45) is 5.73 Å². The molecule has 2 nitrogen and oxygen atoms in total. The summed E-state index contributed by atoms with van der Waals surface area (Å²) < 4.78 is 0. The van der Waals surface area contributed by atoms with Gasteiger partial charge >= 0.3 is 0 Å². The average molecular weight is 96.9 g/mol. The van der Waals surface area contributed by atoms with Crippen LogP contribution >= 0.6 is 0 Å². The van der Waals surface area contributed by atoms with Crippen LogP contribution in [0.4, 0.5) is 0 Å². The van der Waals surface area contributed by atoms with Gasteiger partial charge in [-0.2, -0.15) is 0 Å². The standard InChI is InChI=1S/C4H8BNO/c5-4(7)2-1-3-6/h1-3,6H2. The van der Waals surface area contributed by atoms with Gasteiger partial charge in [0.25, 0.3) is 0 Å². The molecule has 0 aromatic carbocycles. The maximum absolute atomic E-state index is 9.92. The van der Waals surface area contributed by atoms with Crippen LogP contribution < -0.4 is 5.73 Å². The van der Waals surface area contributed by atoms with E-state index in [0.29, 0.717) is 19.4 Å². The van der Waals surface area contributed by atoms with Crippen LogP contribution in [0.15, 0.2) is 0 Å². The predicted octanol–water partition coefficient (Wildman–Crippen LogP) is -0.580. The third-order valence-electron chi connectivity index (χ3n) is 0.627. The number of carbonyl (C=O) groups excluding carboxylic acids is 1. The minimum atomic E-state index is -0.273. The number of rotatable bonds is 3. The number of nitrogens with two attached hydrogens (primary N) is 1. The Bertz CT molecular complexity index is 64.7. The molecular weight excluding hydrogens is 88.9 g/mol. The van der Waals surface area contributed by atoms with Gasteiger partial charge in [-0.1, -0.05) is 0 Å². The second-order valence-corrected chi connectivity index (χ2v) is 1.36. The van der Waals surface area contributed by atoms with E-state index in [4.69, 9.17) is 13.6 Å². The highest BCUT2D eigenvalue weighted by Gasteiger charge is 1.87. The van der Waals surface area contributed by atoms with Crippen LogP contribution in [0.25, 0.3) is 0 Å². The normalized spacial score (nSPS) is 8.71. The third-order valence-corrected chi connectivity index (χ3v) is 0.627. The zero-order valence-corrected chi connectivity index (χ0v) is 4.18. The average Bonchev–Trinajstić information content (AvgIpc) is 1.61. The van der Waals surface area contributed by atoms with Crippen LogP contribution in [0.3, 0.4) is 0 Å². The molecular formula is C4H8BNO. The Kier molecular flexibility index (Phi) is 3.70. The van der Waals surface area contributed by atoms with Crippen LogP contribution in [0.1, 0.15) is 12.8 Å². The summed E-state index contributed by atoms with van der Waals surface area (Å²) in [7, 11) is 4.78. The van der Waals surface area contributed by atoms with Gasteiger partial charge in [0.15, 0.2) is 7.85 Å². The first-order valence-electron chi connectivity index (χ1n) is 2.25. The second kappa shape index (κ2) is 3.87. The summed E-state index contributed by atoms with van der Waals surface area (Å²) in [6.45, 7) is 0.545. The van der Waals surface area contributed by atoms with Crippen molar-refractivity contribution in [3.63, 3.8) is 0 Å². The van der Waals surface area contributed by atoms with E-state index in [-0.39, 0.29) is 5.68 Å². The molecule has 0 saturated heterocycles. The quantitative estimate of drug-likeness (QED) is 0.478. The Morgan fingerprint density at radius 1 is 1.71 bits per heavy atom. The summed E-state index contributed by atoms with van der Waals surface area (Å²) in [6, 6.07) is 0. The van der Waals surface area contributed by atoms with Gasteiger partial charge in [-0.25, -0.2) is 0 Å². The Morgan fingerprint density at radius 2 is 2.29 bits per heavy atom. The van der Waals surface area contributed by atoms with E-state index < -0.39 is 0 Å². The molecule has 0 spiro atoms. The zero-order chi connectivity index (χ0) is 5.70. The Labute approximate surface area is 44.5 Å². The molecule has 0 aliphatic heterocycles. The molecule has 0 aromatic rings. The molecule has 0 bridgehead atoms. The van der Waals surface area contributed by atoms with Crippen molar-refractivity contribution in [3.8, 4) is 0 Å². The lowest BCUT2D eigenvalue weighted by atomic mass is 9.98. The molecule has 0 aliphatic rings. The summed E-state index contributed by atoms with van der Waals surface area (Å²) in [5, 5.41) is 0. The van der Waals surface area contributed by atoms with Gasteiger partial charge in [0, 0.05) is 0 Å². The van der Waals surface area contributed by atoms with Crippen LogP contribution in [0, 0.1) is 0 Å². The zero-order valence-electron chi connectivity index (χ0n) is 4.18. The first-order valence-corrected chi connectivity index (χ1v) is 2.25. The molecule has 7 heavy (non-hydrogen) atoms. The van der Waals surface area contributed by atoms with Gasteiger partial charge in [0.05, 0.1) is 5.68 Å². The lowest BCUT2D eigenvalue weighted by Gasteiger charge is -1.87. The van der Waals surface area contributed by atoms with E-state index >= 15 is 0 Å². The molecule has 2 radical (unpaired) electrons. The molecule has 0 aliphatic carbocycles. The molecule has 38 valence electrons.